The summed E-state index contributed by atoms with van der Waals surface area (Å²) in [5.41, 5.74) is 6.02. The lowest BCUT2D eigenvalue weighted by molar-refractivity contribution is -0.118. The fourth-order valence-corrected chi connectivity index (χ4v) is 3.41. The molecule has 0 aliphatic carbocycles. The van der Waals surface area contributed by atoms with Crippen LogP contribution in [0.15, 0.2) is 53.4 Å². The monoisotopic (exact) mass is 396 g/mol. The predicted molar refractivity (Wildman–Crippen MR) is 101 cm³/mol. The van der Waals surface area contributed by atoms with Gasteiger partial charge >= 0.3 is 0 Å². The average molecular weight is 397 g/mol. The van der Waals surface area contributed by atoms with Gasteiger partial charge in [0.25, 0.3) is 0 Å². The topological polar surface area (TPSA) is 98.5 Å². The van der Waals surface area contributed by atoms with Gasteiger partial charge in [0.05, 0.1) is 11.5 Å². The highest BCUT2D eigenvalue weighted by Crippen LogP contribution is 2.16. The van der Waals surface area contributed by atoms with Gasteiger partial charge in [0.2, 0.25) is 15.9 Å². The number of nitrogens with one attached hydrogen (secondary N) is 1. The number of ether oxygens (including phenoxy) is 1. The van der Waals surface area contributed by atoms with E-state index in [9.17, 15) is 13.2 Å². The van der Waals surface area contributed by atoms with Crippen molar-refractivity contribution in [1.82, 2.24) is 4.72 Å². The summed E-state index contributed by atoms with van der Waals surface area (Å²) in [5.74, 6) is 0.322. The van der Waals surface area contributed by atoms with Crippen LogP contribution in [0.1, 0.15) is 18.4 Å². The minimum atomic E-state index is -3.57. The van der Waals surface area contributed by atoms with Crippen LogP contribution in [-0.2, 0) is 21.2 Å². The summed E-state index contributed by atoms with van der Waals surface area (Å²) in [6.07, 6.45) is 1.36. The van der Waals surface area contributed by atoms with Crippen molar-refractivity contribution in [3.63, 3.8) is 0 Å². The van der Waals surface area contributed by atoms with E-state index in [4.69, 9.17) is 22.1 Å². The number of amides is 1. The molecule has 0 atom stereocenters. The van der Waals surface area contributed by atoms with Crippen molar-refractivity contribution in [1.29, 1.82) is 0 Å². The van der Waals surface area contributed by atoms with Gasteiger partial charge in [-0.1, -0.05) is 23.7 Å². The van der Waals surface area contributed by atoms with E-state index in [1.807, 2.05) is 24.3 Å². The number of rotatable bonds is 10. The zero-order chi connectivity index (χ0) is 19.0. The van der Waals surface area contributed by atoms with Crippen LogP contribution in [-0.4, -0.2) is 27.5 Å². The number of benzene rings is 2. The van der Waals surface area contributed by atoms with Crippen LogP contribution in [0.2, 0.25) is 5.02 Å². The Kier molecular flexibility index (Phi) is 7.44. The normalized spacial score (nSPS) is 11.3. The third-order valence-electron chi connectivity index (χ3n) is 3.56. The van der Waals surface area contributed by atoms with Crippen LogP contribution in [0, 0.1) is 0 Å². The lowest BCUT2D eigenvalue weighted by Gasteiger charge is -2.09. The maximum atomic E-state index is 12.2. The number of carbonyl (C=O) groups excluding carboxylic acids is 1. The Morgan fingerprint density at radius 1 is 1.15 bits per heavy atom. The van der Waals surface area contributed by atoms with Crippen molar-refractivity contribution in [3.8, 4) is 5.75 Å². The highest BCUT2D eigenvalue weighted by atomic mass is 35.5. The molecule has 0 spiro atoms. The quantitative estimate of drug-likeness (QED) is 0.603. The molecule has 0 aliphatic rings. The van der Waals surface area contributed by atoms with Gasteiger partial charge in [-0.05, 0) is 54.8 Å². The van der Waals surface area contributed by atoms with E-state index in [1.54, 1.807) is 0 Å². The van der Waals surface area contributed by atoms with Gasteiger partial charge in [0, 0.05) is 18.0 Å². The van der Waals surface area contributed by atoms with Crippen LogP contribution in [0.3, 0.4) is 0 Å². The fraction of sp³-hybridized carbons (Fsp3) is 0.278. The van der Waals surface area contributed by atoms with Crippen molar-refractivity contribution in [2.24, 2.45) is 5.73 Å². The maximum absolute atomic E-state index is 12.2. The Morgan fingerprint density at radius 2 is 1.88 bits per heavy atom. The molecular weight excluding hydrogens is 376 g/mol. The zero-order valence-corrected chi connectivity index (χ0v) is 15.7. The Hall–Kier alpha value is -2.09. The first-order chi connectivity index (χ1) is 12.4. The first-order valence-corrected chi connectivity index (χ1v) is 9.98. The number of nitrogens with two attached hydrogens (primary N) is 1. The molecule has 0 unspecified atom stereocenters. The van der Waals surface area contributed by atoms with Gasteiger partial charge in [-0.2, -0.15) is 0 Å². The molecule has 0 saturated carbocycles. The van der Waals surface area contributed by atoms with Gasteiger partial charge in [0.15, 0.2) is 0 Å². The summed E-state index contributed by atoms with van der Waals surface area (Å²) >= 11 is 5.77. The maximum Gasteiger partial charge on any atom is 0.240 e. The van der Waals surface area contributed by atoms with Gasteiger partial charge in [-0.15, -0.1) is 0 Å². The molecular formula is C18H21ClN2O4S. The first-order valence-electron chi connectivity index (χ1n) is 8.12. The Balaban J connectivity index is 1.84. The van der Waals surface area contributed by atoms with E-state index in [1.165, 1.54) is 24.3 Å². The molecule has 0 bridgehead atoms. The number of primary amides is 1. The van der Waals surface area contributed by atoms with Crippen LogP contribution in [0.4, 0.5) is 0 Å². The molecule has 0 saturated heterocycles. The average Bonchev–Trinajstić information content (AvgIpc) is 2.59. The van der Waals surface area contributed by atoms with Crippen LogP contribution < -0.4 is 15.2 Å². The minimum absolute atomic E-state index is 0.174. The largest absolute Gasteiger partial charge is 0.494 e. The molecule has 0 radical (unpaired) electrons. The Labute approximate surface area is 158 Å². The highest BCUT2D eigenvalue weighted by Gasteiger charge is 2.13. The SMILES string of the molecule is NC(=O)CCCOc1cccc(CCNS(=O)(=O)c2ccc(Cl)cc2)c1. The van der Waals surface area contributed by atoms with Crippen LogP contribution in [0.25, 0.3) is 0 Å². The third kappa shape index (κ3) is 6.67. The second-order valence-corrected chi connectivity index (χ2v) is 7.87. The van der Waals surface area contributed by atoms with Crippen molar-refractivity contribution in [3.05, 3.63) is 59.1 Å². The molecule has 2 rings (SSSR count). The van der Waals surface area contributed by atoms with E-state index in [0.29, 0.717) is 30.2 Å². The van der Waals surface area contributed by atoms with Crippen LogP contribution in [0.5, 0.6) is 5.75 Å². The number of carbonyl (C=O) groups is 1. The summed E-state index contributed by atoms with van der Waals surface area (Å²) in [6, 6.07) is 13.4. The summed E-state index contributed by atoms with van der Waals surface area (Å²) in [5, 5.41) is 0.483. The molecule has 3 N–H and O–H groups in total. The molecule has 2 aromatic carbocycles. The summed E-state index contributed by atoms with van der Waals surface area (Å²) < 4.78 is 32.6. The highest BCUT2D eigenvalue weighted by molar-refractivity contribution is 7.89. The molecule has 6 nitrogen and oxygen atoms in total. The smallest absolute Gasteiger partial charge is 0.240 e. The summed E-state index contributed by atoms with van der Waals surface area (Å²) in [6.45, 7) is 0.658. The van der Waals surface area contributed by atoms with Gasteiger partial charge < -0.3 is 10.5 Å². The molecule has 140 valence electrons. The minimum Gasteiger partial charge on any atom is -0.494 e. The molecule has 1 amide bonds. The van der Waals surface area contributed by atoms with Gasteiger partial charge in [0.1, 0.15) is 5.75 Å². The van der Waals surface area contributed by atoms with Gasteiger partial charge in [-0.25, -0.2) is 13.1 Å². The lowest BCUT2D eigenvalue weighted by atomic mass is 10.1. The molecule has 8 heteroatoms. The number of halogens is 1. The second kappa shape index (κ2) is 9.56. The van der Waals surface area contributed by atoms with E-state index in [0.717, 1.165) is 5.56 Å². The van der Waals surface area contributed by atoms with Crippen molar-refractivity contribution < 1.29 is 17.9 Å². The molecule has 2 aromatic rings. The number of hydrogen-bond donors (Lipinski definition) is 2. The van der Waals surface area contributed by atoms with E-state index in [2.05, 4.69) is 4.72 Å². The predicted octanol–water partition coefficient (Wildman–Crippen LogP) is 2.51. The Bertz CT molecular complexity index is 839. The third-order valence-corrected chi connectivity index (χ3v) is 5.29. The summed E-state index contributed by atoms with van der Waals surface area (Å²) in [4.78, 5) is 10.9. The van der Waals surface area contributed by atoms with Crippen molar-refractivity contribution >= 4 is 27.5 Å². The molecule has 0 aliphatic heterocycles. The Morgan fingerprint density at radius 3 is 2.58 bits per heavy atom. The fourth-order valence-electron chi connectivity index (χ4n) is 2.25. The standard InChI is InChI=1S/C18H21ClN2O4S/c19-15-6-8-17(9-7-15)26(23,24)21-11-10-14-3-1-4-16(13-14)25-12-2-5-18(20)22/h1,3-4,6-9,13,21H,2,5,10-12H2,(H2,20,22). The van der Waals surface area contributed by atoms with E-state index >= 15 is 0 Å². The molecule has 0 heterocycles. The first kappa shape index (κ1) is 20.2. The molecule has 0 fully saturated rings. The van der Waals surface area contributed by atoms with Crippen molar-refractivity contribution in [2.45, 2.75) is 24.2 Å². The second-order valence-electron chi connectivity index (χ2n) is 5.67. The van der Waals surface area contributed by atoms with Crippen LogP contribution >= 0.6 is 11.6 Å². The molecule has 26 heavy (non-hydrogen) atoms. The van der Waals surface area contributed by atoms with E-state index in [-0.39, 0.29) is 23.8 Å². The van der Waals surface area contributed by atoms with Crippen molar-refractivity contribution in [2.75, 3.05) is 13.2 Å². The van der Waals surface area contributed by atoms with Gasteiger partial charge in [-0.3, -0.25) is 4.79 Å². The lowest BCUT2D eigenvalue weighted by Crippen LogP contribution is -2.25. The molecule has 0 aromatic heterocycles. The number of hydrogen-bond acceptors (Lipinski definition) is 4. The summed E-state index contributed by atoms with van der Waals surface area (Å²) in [7, 11) is -3.57. The number of sulfonamides is 1. The zero-order valence-electron chi connectivity index (χ0n) is 14.2. The van der Waals surface area contributed by atoms with E-state index < -0.39 is 10.0 Å².